The van der Waals surface area contributed by atoms with Crippen LogP contribution in [0, 0.1) is 22.7 Å². The second kappa shape index (κ2) is 8.02. The number of carbonyl (C=O) groups is 1. The Bertz CT molecular complexity index is 1140. The number of nitrogens with zero attached hydrogens (tertiary/aromatic N) is 3. The van der Waals surface area contributed by atoms with Gasteiger partial charge in [-0.05, 0) is 48.9 Å². The molecule has 3 fully saturated rings. The third-order valence-corrected chi connectivity index (χ3v) is 7.95. The van der Waals surface area contributed by atoms with Crippen molar-refractivity contribution < 1.29 is 23.1 Å². The maximum absolute atomic E-state index is 13.6. The first kappa shape index (κ1) is 22.7. The lowest BCUT2D eigenvalue weighted by Crippen LogP contribution is -2.54. The average molecular weight is 470 g/mol. The molecule has 0 radical (unpaired) electrons. The minimum absolute atomic E-state index is 0.0680. The van der Waals surface area contributed by atoms with E-state index in [2.05, 4.69) is 0 Å². The molecule has 2 aliphatic heterocycles. The van der Waals surface area contributed by atoms with Crippen LogP contribution < -0.4 is 4.90 Å². The fourth-order valence-corrected chi connectivity index (χ4v) is 5.85. The zero-order valence-electron chi connectivity index (χ0n) is 18.7. The summed E-state index contributed by atoms with van der Waals surface area (Å²) in [5.41, 5.74) is -1.03. The number of alkyl halides is 3. The number of rotatable bonds is 4. The Kier molecular flexibility index (Phi) is 5.36. The molecule has 2 heterocycles. The standard InChI is InChI=1S/C26H26F3N3O2/c27-26(28,29)22-12-21(7-6-18(22)13-30)32-14-20-8-11-31(15-24(20,16-32)17-33)23(34)25(9-10-25)19-4-2-1-3-5-19/h1-7,12,20,33H,8-11,14-17H2/t20-,24+/m0/s1. The second-order valence-electron chi connectivity index (χ2n) is 9.90. The van der Waals surface area contributed by atoms with Crippen molar-refractivity contribution in [1.82, 2.24) is 4.90 Å². The van der Waals surface area contributed by atoms with Crippen molar-refractivity contribution in [2.24, 2.45) is 11.3 Å². The Hall–Kier alpha value is -3.05. The van der Waals surface area contributed by atoms with Gasteiger partial charge in [0.2, 0.25) is 5.91 Å². The van der Waals surface area contributed by atoms with Crippen molar-refractivity contribution in [3.05, 3.63) is 65.2 Å². The minimum atomic E-state index is -4.62. The van der Waals surface area contributed by atoms with Crippen LogP contribution in [0.2, 0.25) is 0 Å². The SMILES string of the molecule is N#Cc1ccc(N2C[C@@H]3CCN(C(=O)C4(c5ccccc5)CC4)C[C@]3(CO)C2)cc1C(F)(F)F. The lowest BCUT2D eigenvalue weighted by Gasteiger charge is -2.44. The first-order valence-electron chi connectivity index (χ1n) is 11.5. The van der Waals surface area contributed by atoms with Gasteiger partial charge in [-0.3, -0.25) is 4.79 Å². The predicted octanol–water partition coefficient (Wildman–Crippen LogP) is 3.96. The summed E-state index contributed by atoms with van der Waals surface area (Å²) >= 11 is 0. The molecule has 0 aromatic heterocycles. The number of aliphatic hydroxyl groups excluding tert-OH is 1. The van der Waals surface area contributed by atoms with E-state index >= 15 is 0 Å². The van der Waals surface area contributed by atoms with Gasteiger partial charge in [0.05, 0.1) is 29.2 Å². The minimum Gasteiger partial charge on any atom is -0.396 e. The Morgan fingerprint density at radius 1 is 1.15 bits per heavy atom. The van der Waals surface area contributed by atoms with Crippen LogP contribution in [0.1, 0.15) is 36.0 Å². The average Bonchev–Trinajstić information content (AvgIpc) is 3.57. The van der Waals surface area contributed by atoms with Crippen molar-refractivity contribution in [1.29, 1.82) is 5.26 Å². The maximum atomic E-state index is 13.6. The van der Waals surface area contributed by atoms with E-state index in [4.69, 9.17) is 5.26 Å². The predicted molar refractivity (Wildman–Crippen MR) is 120 cm³/mol. The number of benzene rings is 2. The molecule has 3 aliphatic rings. The van der Waals surface area contributed by atoms with Crippen molar-refractivity contribution >= 4 is 11.6 Å². The van der Waals surface area contributed by atoms with Crippen LogP contribution >= 0.6 is 0 Å². The Labute approximate surface area is 196 Å². The van der Waals surface area contributed by atoms with Crippen LogP contribution in [0.4, 0.5) is 18.9 Å². The van der Waals surface area contributed by atoms with E-state index in [9.17, 15) is 23.1 Å². The number of hydrogen-bond acceptors (Lipinski definition) is 4. The van der Waals surface area contributed by atoms with Gasteiger partial charge in [0, 0.05) is 37.3 Å². The van der Waals surface area contributed by atoms with Crippen molar-refractivity contribution in [3.8, 4) is 6.07 Å². The summed E-state index contributed by atoms with van der Waals surface area (Å²) in [5, 5.41) is 19.5. The zero-order valence-corrected chi connectivity index (χ0v) is 18.7. The van der Waals surface area contributed by atoms with Gasteiger partial charge in [-0.25, -0.2) is 0 Å². The molecule has 2 aromatic rings. The third-order valence-electron chi connectivity index (χ3n) is 7.95. The molecule has 2 atom stereocenters. The smallest absolute Gasteiger partial charge is 0.396 e. The molecule has 5 nitrogen and oxygen atoms in total. The molecule has 2 saturated heterocycles. The topological polar surface area (TPSA) is 67.6 Å². The number of fused-ring (bicyclic) bond motifs is 1. The molecular weight excluding hydrogens is 443 g/mol. The molecule has 5 rings (SSSR count). The molecule has 34 heavy (non-hydrogen) atoms. The number of nitriles is 1. The van der Waals surface area contributed by atoms with E-state index < -0.39 is 28.1 Å². The van der Waals surface area contributed by atoms with E-state index in [-0.39, 0.29) is 18.4 Å². The van der Waals surface area contributed by atoms with E-state index in [0.29, 0.717) is 38.3 Å². The van der Waals surface area contributed by atoms with Gasteiger partial charge in [0.1, 0.15) is 0 Å². The van der Waals surface area contributed by atoms with Gasteiger partial charge < -0.3 is 14.9 Å². The van der Waals surface area contributed by atoms with Gasteiger partial charge >= 0.3 is 6.18 Å². The number of halogens is 3. The first-order valence-corrected chi connectivity index (χ1v) is 11.5. The van der Waals surface area contributed by atoms with Crippen LogP contribution in [-0.4, -0.2) is 48.7 Å². The van der Waals surface area contributed by atoms with E-state index in [1.54, 1.807) is 6.07 Å². The highest BCUT2D eigenvalue weighted by Crippen LogP contribution is 2.51. The Morgan fingerprint density at radius 3 is 2.50 bits per heavy atom. The number of anilines is 1. The molecule has 1 amide bonds. The van der Waals surface area contributed by atoms with E-state index in [1.165, 1.54) is 12.1 Å². The van der Waals surface area contributed by atoms with Gasteiger partial charge in [0.15, 0.2) is 0 Å². The number of carbonyl (C=O) groups excluding carboxylic acids is 1. The fraction of sp³-hybridized carbons (Fsp3) is 0.462. The molecule has 1 saturated carbocycles. The molecular formula is C26H26F3N3O2. The van der Waals surface area contributed by atoms with E-state index in [0.717, 1.165) is 24.5 Å². The van der Waals surface area contributed by atoms with Gasteiger partial charge in [0.25, 0.3) is 0 Å². The molecule has 1 aliphatic carbocycles. The number of aliphatic hydroxyl groups is 1. The lowest BCUT2D eigenvalue weighted by atomic mass is 9.73. The number of likely N-dealkylation sites (tertiary alicyclic amines) is 1. The summed E-state index contributed by atoms with van der Waals surface area (Å²) in [7, 11) is 0. The lowest BCUT2D eigenvalue weighted by molar-refractivity contribution is -0.139. The molecule has 0 bridgehead atoms. The van der Waals surface area contributed by atoms with Crippen LogP contribution in [0.3, 0.4) is 0 Å². The highest BCUT2D eigenvalue weighted by Gasteiger charge is 2.57. The molecule has 2 aromatic carbocycles. The Balaban J connectivity index is 1.38. The van der Waals surface area contributed by atoms with Crippen LogP contribution in [0.15, 0.2) is 48.5 Å². The first-order chi connectivity index (χ1) is 16.2. The summed E-state index contributed by atoms with van der Waals surface area (Å²) in [5.74, 6) is 0.152. The monoisotopic (exact) mass is 469 g/mol. The van der Waals surface area contributed by atoms with Gasteiger partial charge in [-0.2, -0.15) is 18.4 Å². The largest absolute Gasteiger partial charge is 0.417 e. The second-order valence-corrected chi connectivity index (χ2v) is 9.90. The van der Waals surface area contributed by atoms with Gasteiger partial charge in [-0.1, -0.05) is 30.3 Å². The maximum Gasteiger partial charge on any atom is 0.417 e. The molecule has 1 N–H and O–H groups in total. The molecule has 0 unspecified atom stereocenters. The van der Waals surface area contributed by atoms with Gasteiger partial charge in [-0.15, -0.1) is 0 Å². The number of hydrogen-bond donors (Lipinski definition) is 1. The highest BCUT2D eigenvalue weighted by atomic mass is 19.4. The van der Waals surface area contributed by atoms with E-state index in [1.807, 2.05) is 40.1 Å². The zero-order chi connectivity index (χ0) is 24.1. The molecule has 8 heteroatoms. The van der Waals surface area contributed by atoms with Crippen molar-refractivity contribution in [2.45, 2.75) is 30.9 Å². The summed E-state index contributed by atoms with van der Waals surface area (Å²) in [6, 6.07) is 15.2. The summed E-state index contributed by atoms with van der Waals surface area (Å²) in [4.78, 5) is 17.3. The van der Waals surface area contributed by atoms with Crippen molar-refractivity contribution in [2.75, 3.05) is 37.7 Å². The summed E-state index contributed by atoms with van der Waals surface area (Å²) in [6.45, 7) is 1.70. The normalized spacial score (nSPS) is 25.6. The third kappa shape index (κ3) is 3.63. The quantitative estimate of drug-likeness (QED) is 0.736. The highest BCUT2D eigenvalue weighted by molar-refractivity contribution is 5.91. The number of piperidine rings is 1. The molecule has 178 valence electrons. The Morgan fingerprint density at radius 2 is 1.88 bits per heavy atom. The van der Waals surface area contributed by atoms with Crippen LogP contribution in [0.25, 0.3) is 0 Å². The summed E-state index contributed by atoms with van der Waals surface area (Å²) < 4.78 is 40.5. The number of amides is 1. The fourth-order valence-electron chi connectivity index (χ4n) is 5.85. The van der Waals surface area contributed by atoms with Crippen LogP contribution in [0.5, 0.6) is 0 Å². The summed E-state index contributed by atoms with van der Waals surface area (Å²) in [6.07, 6.45) is -2.32. The molecule has 0 spiro atoms. The van der Waals surface area contributed by atoms with Crippen molar-refractivity contribution in [3.63, 3.8) is 0 Å². The van der Waals surface area contributed by atoms with Crippen LogP contribution in [-0.2, 0) is 16.4 Å².